The van der Waals surface area contributed by atoms with Crippen LogP contribution in [0.4, 0.5) is 5.69 Å². The van der Waals surface area contributed by atoms with E-state index in [1.807, 2.05) is 30.3 Å². The van der Waals surface area contributed by atoms with E-state index in [4.69, 9.17) is 4.74 Å². The van der Waals surface area contributed by atoms with Crippen LogP contribution in [-0.4, -0.2) is 16.9 Å². The number of amides is 1. The van der Waals surface area contributed by atoms with Crippen LogP contribution >= 0.6 is 0 Å². The molecule has 1 unspecified atom stereocenters. The maximum atomic E-state index is 12.5. The normalized spacial score (nSPS) is 15.7. The summed E-state index contributed by atoms with van der Waals surface area (Å²) in [5.74, 6) is -0.602. The number of ether oxygens (including phenoxy) is 1. The number of cyclic esters (lactones) is 1. The number of nitrogens with one attached hydrogen (secondary N) is 1. The second-order valence-corrected chi connectivity index (χ2v) is 6.08. The predicted molar refractivity (Wildman–Crippen MR) is 96.9 cm³/mol. The zero-order valence-electron chi connectivity index (χ0n) is 13.9. The van der Waals surface area contributed by atoms with Crippen molar-refractivity contribution in [3.63, 3.8) is 0 Å². The van der Waals surface area contributed by atoms with Gasteiger partial charge in [-0.15, -0.1) is 0 Å². The fourth-order valence-corrected chi connectivity index (χ4v) is 3.03. The Morgan fingerprint density at radius 1 is 1.08 bits per heavy atom. The van der Waals surface area contributed by atoms with Gasteiger partial charge in [0.2, 0.25) is 0 Å². The van der Waals surface area contributed by atoms with Crippen LogP contribution in [0.2, 0.25) is 0 Å². The summed E-state index contributed by atoms with van der Waals surface area (Å²) in [5.41, 5.74) is 3.38. The molecule has 2 aromatic carbocycles. The molecular weight excluding hydrogens is 328 g/mol. The van der Waals surface area contributed by atoms with Crippen molar-refractivity contribution in [1.82, 2.24) is 4.98 Å². The van der Waals surface area contributed by atoms with Gasteiger partial charge in [-0.05, 0) is 41.5 Å². The summed E-state index contributed by atoms with van der Waals surface area (Å²) in [4.78, 5) is 28.8. The molecule has 1 aliphatic rings. The number of rotatable bonds is 3. The van der Waals surface area contributed by atoms with E-state index >= 15 is 0 Å². The lowest BCUT2D eigenvalue weighted by Gasteiger charge is -2.25. The van der Waals surface area contributed by atoms with Crippen LogP contribution in [0.1, 0.15) is 37.9 Å². The maximum absolute atomic E-state index is 12.5. The number of anilines is 1. The minimum absolute atomic E-state index is 0.240. The van der Waals surface area contributed by atoms with Gasteiger partial charge in [-0.2, -0.15) is 0 Å². The van der Waals surface area contributed by atoms with Crippen LogP contribution in [0.5, 0.6) is 0 Å². The van der Waals surface area contributed by atoms with Crippen molar-refractivity contribution >= 4 is 17.6 Å². The van der Waals surface area contributed by atoms with Crippen molar-refractivity contribution in [1.29, 1.82) is 0 Å². The van der Waals surface area contributed by atoms with Crippen LogP contribution in [-0.2, 0) is 11.2 Å². The molecule has 128 valence electrons. The fraction of sp³-hybridized carbons (Fsp3) is 0.0952. The molecule has 5 heteroatoms. The third kappa shape index (κ3) is 3.19. The molecule has 1 aliphatic heterocycles. The summed E-state index contributed by atoms with van der Waals surface area (Å²) < 4.78 is 5.55. The molecule has 0 saturated heterocycles. The molecular formula is C21H16N2O3. The average Bonchev–Trinajstić information content (AvgIpc) is 2.69. The van der Waals surface area contributed by atoms with E-state index in [0.29, 0.717) is 23.2 Å². The van der Waals surface area contributed by atoms with Gasteiger partial charge in [0.05, 0.1) is 17.4 Å². The van der Waals surface area contributed by atoms with E-state index in [1.165, 1.54) is 0 Å². The van der Waals surface area contributed by atoms with Crippen LogP contribution in [0.25, 0.3) is 0 Å². The molecule has 0 aliphatic carbocycles. The number of esters is 1. The quantitative estimate of drug-likeness (QED) is 0.734. The molecule has 1 N–H and O–H groups in total. The van der Waals surface area contributed by atoms with Gasteiger partial charge in [-0.1, -0.05) is 30.3 Å². The second-order valence-electron chi connectivity index (χ2n) is 6.08. The molecule has 0 saturated carbocycles. The first kappa shape index (κ1) is 16.0. The van der Waals surface area contributed by atoms with E-state index in [0.717, 1.165) is 11.1 Å². The first-order valence-corrected chi connectivity index (χ1v) is 8.31. The van der Waals surface area contributed by atoms with Gasteiger partial charge in [0.15, 0.2) is 0 Å². The van der Waals surface area contributed by atoms with Crippen LogP contribution < -0.4 is 5.32 Å². The highest BCUT2D eigenvalue weighted by Gasteiger charge is 2.28. The molecule has 0 fully saturated rings. The highest BCUT2D eigenvalue weighted by atomic mass is 16.5. The van der Waals surface area contributed by atoms with E-state index in [1.54, 1.807) is 42.7 Å². The molecule has 0 radical (unpaired) electrons. The minimum Gasteiger partial charge on any atom is -0.454 e. The number of fused-ring (bicyclic) bond motifs is 1. The number of carbonyl (C=O) groups is 2. The standard InChI is InChI=1S/C21H16N2O3/c24-20(23-17-7-4-10-22-13-17)15-8-9-18-16(11-15)12-19(26-21(18)25)14-5-2-1-3-6-14/h1-11,13,19H,12H2,(H,23,24). The molecule has 2 heterocycles. The summed E-state index contributed by atoms with van der Waals surface area (Å²) in [7, 11) is 0. The molecule has 1 amide bonds. The molecule has 5 nitrogen and oxygen atoms in total. The van der Waals surface area contributed by atoms with Crippen LogP contribution in [0.15, 0.2) is 73.1 Å². The number of aromatic nitrogens is 1. The largest absolute Gasteiger partial charge is 0.454 e. The zero-order valence-corrected chi connectivity index (χ0v) is 13.9. The Kier molecular flexibility index (Phi) is 4.19. The number of hydrogen-bond donors (Lipinski definition) is 1. The van der Waals surface area contributed by atoms with Crippen molar-refractivity contribution in [3.8, 4) is 0 Å². The van der Waals surface area contributed by atoms with Crippen LogP contribution in [0.3, 0.4) is 0 Å². The molecule has 4 rings (SSSR count). The van der Waals surface area contributed by atoms with Gasteiger partial charge in [-0.25, -0.2) is 4.79 Å². The summed E-state index contributed by atoms with van der Waals surface area (Å²) in [6.45, 7) is 0. The van der Waals surface area contributed by atoms with Gasteiger partial charge in [0.1, 0.15) is 6.10 Å². The Morgan fingerprint density at radius 3 is 2.69 bits per heavy atom. The van der Waals surface area contributed by atoms with Gasteiger partial charge in [0.25, 0.3) is 5.91 Å². The van der Waals surface area contributed by atoms with E-state index in [9.17, 15) is 9.59 Å². The van der Waals surface area contributed by atoms with Crippen molar-refractivity contribution < 1.29 is 14.3 Å². The molecule has 0 bridgehead atoms. The summed E-state index contributed by atoms with van der Waals surface area (Å²) in [6.07, 6.45) is 3.43. The minimum atomic E-state index is -0.362. The number of nitrogens with zero attached hydrogens (tertiary/aromatic N) is 1. The number of benzene rings is 2. The van der Waals surface area contributed by atoms with Crippen molar-refractivity contribution in [2.45, 2.75) is 12.5 Å². The maximum Gasteiger partial charge on any atom is 0.339 e. The van der Waals surface area contributed by atoms with Crippen molar-refractivity contribution in [2.24, 2.45) is 0 Å². The summed E-state index contributed by atoms with van der Waals surface area (Å²) >= 11 is 0. The molecule has 26 heavy (non-hydrogen) atoms. The predicted octanol–water partition coefficient (Wildman–Crippen LogP) is 3.79. The Bertz CT molecular complexity index is 956. The van der Waals surface area contributed by atoms with E-state index in [2.05, 4.69) is 10.3 Å². The Morgan fingerprint density at radius 2 is 1.92 bits per heavy atom. The average molecular weight is 344 g/mol. The van der Waals surface area contributed by atoms with Crippen molar-refractivity contribution in [2.75, 3.05) is 5.32 Å². The lowest BCUT2D eigenvalue weighted by atomic mass is 9.93. The van der Waals surface area contributed by atoms with Crippen LogP contribution in [0, 0.1) is 0 Å². The van der Waals surface area contributed by atoms with E-state index in [-0.39, 0.29) is 18.0 Å². The van der Waals surface area contributed by atoms with E-state index < -0.39 is 0 Å². The number of pyridine rings is 1. The first-order chi connectivity index (χ1) is 12.7. The Labute approximate surface area is 150 Å². The third-order valence-electron chi connectivity index (χ3n) is 4.33. The SMILES string of the molecule is O=C(Nc1cccnc1)c1ccc2c(c1)CC(c1ccccc1)OC2=O. The monoisotopic (exact) mass is 344 g/mol. The fourth-order valence-electron chi connectivity index (χ4n) is 3.03. The van der Waals surface area contributed by atoms with Gasteiger partial charge in [-0.3, -0.25) is 9.78 Å². The molecule has 1 atom stereocenters. The zero-order chi connectivity index (χ0) is 17.9. The van der Waals surface area contributed by atoms with Gasteiger partial charge < -0.3 is 10.1 Å². The molecule has 0 spiro atoms. The number of carbonyl (C=O) groups excluding carboxylic acids is 2. The smallest absolute Gasteiger partial charge is 0.339 e. The van der Waals surface area contributed by atoms with Crippen molar-refractivity contribution in [3.05, 3.63) is 95.3 Å². The Hall–Kier alpha value is -3.47. The number of hydrogen-bond acceptors (Lipinski definition) is 4. The molecule has 1 aromatic heterocycles. The second kappa shape index (κ2) is 6.80. The van der Waals surface area contributed by atoms with Gasteiger partial charge >= 0.3 is 5.97 Å². The first-order valence-electron chi connectivity index (χ1n) is 8.31. The lowest BCUT2D eigenvalue weighted by molar-refractivity contribution is 0.0252. The molecule has 3 aromatic rings. The highest BCUT2D eigenvalue weighted by molar-refractivity contribution is 6.05. The highest BCUT2D eigenvalue weighted by Crippen LogP contribution is 2.31. The lowest BCUT2D eigenvalue weighted by Crippen LogP contribution is -2.23. The third-order valence-corrected chi connectivity index (χ3v) is 4.33. The van der Waals surface area contributed by atoms with Gasteiger partial charge in [0, 0.05) is 18.2 Å². The summed E-state index contributed by atoms with van der Waals surface area (Å²) in [6, 6.07) is 18.2. The Balaban J connectivity index is 1.60. The summed E-state index contributed by atoms with van der Waals surface area (Å²) in [5, 5.41) is 2.80. The topological polar surface area (TPSA) is 68.3 Å².